The van der Waals surface area contributed by atoms with Crippen molar-refractivity contribution in [3.05, 3.63) is 12.7 Å². The van der Waals surface area contributed by atoms with Crippen molar-refractivity contribution in [2.24, 2.45) is 23.2 Å². The number of carboxylic acids is 1. The standard InChI is InChI=1S/C21H40O4Si/c1-12-14(2)18(25-26(10,11)20(5,6)7)16(4)19(24)21(8,9)15(3)13-17(22)23/h12,14-16,18H,1,13H2,2-11H3,(H,22,23)/t14-,15-,16?,18?/m0/s1. The molecule has 0 rings (SSSR count). The smallest absolute Gasteiger partial charge is 0.303 e. The van der Waals surface area contributed by atoms with E-state index in [1.54, 1.807) is 0 Å². The lowest BCUT2D eigenvalue weighted by atomic mass is 9.69. The van der Waals surface area contributed by atoms with Gasteiger partial charge in [0, 0.05) is 17.8 Å². The van der Waals surface area contributed by atoms with Crippen molar-refractivity contribution in [1.29, 1.82) is 0 Å². The third-order valence-electron chi connectivity index (χ3n) is 6.38. The first kappa shape index (κ1) is 25.1. The molecule has 26 heavy (non-hydrogen) atoms. The van der Waals surface area contributed by atoms with Crippen LogP contribution in [-0.4, -0.2) is 31.3 Å². The van der Waals surface area contributed by atoms with Gasteiger partial charge in [0.1, 0.15) is 5.78 Å². The normalized spacial score (nSPS) is 17.9. The van der Waals surface area contributed by atoms with E-state index in [2.05, 4.69) is 40.4 Å². The molecule has 0 aromatic rings. The van der Waals surface area contributed by atoms with E-state index in [1.807, 2.05) is 40.7 Å². The molecular formula is C21H40O4Si. The molecule has 0 radical (unpaired) electrons. The van der Waals surface area contributed by atoms with Crippen LogP contribution in [0, 0.1) is 23.2 Å². The van der Waals surface area contributed by atoms with E-state index in [9.17, 15) is 9.59 Å². The van der Waals surface area contributed by atoms with Crippen molar-refractivity contribution in [3.8, 4) is 0 Å². The zero-order chi connectivity index (χ0) is 21.1. The highest BCUT2D eigenvalue weighted by Gasteiger charge is 2.45. The van der Waals surface area contributed by atoms with Crippen molar-refractivity contribution in [1.82, 2.24) is 0 Å². The lowest BCUT2D eigenvalue weighted by molar-refractivity contribution is -0.142. The summed E-state index contributed by atoms with van der Waals surface area (Å²) in [6, 6.07) is 0. The van der Waals surface area contributed by atoms with E-state index in [0.717, 1.165) is 0 Å². The minimum Gasteiger partial charge on any atom is -0.481 e. The van der Waals surface area contributed by atoms with Crippen LogP contribution < -0.4 is 0 Å². The van der Waals surface area contributed by atoms with Gasteiger partial charge in [0.25, 0.3) is 0 Å². The third kappa shape index (κ3) is 6.05. The molecule has 0 amide bonds. The maximum Gasteiger partial charge on any atom is 0.303 e. The van der Waals surface area contributed by atoms with E-state index in [0.29, 0.717) is 0 Å². The molecule has 152 valence electrons. The first-order valence-electron chi connectivity index (χ1n) is 9.55. The van der Waals surface area contributed by atoms with Gasteiger partial charge < -0.3 is 9.53 Å². The van der Waals surface area contributed by atoms with Crippen molar-refractivity contribution in [3.63, 3.8) is 0 Å². The van der Waals surface area contributed by atoms with Crippen LogP contribution in [0.25, 0.3) is 0 Å². The summed E-state index contributed by atoms with van der Waals surface area (Å²) in [6.45, 7) is 24.3. The van der Waals surface area contributed by atoms with Crippen molar-refractivity contribution < 1.29 is 19.1 Å². The maximum atomic E-state index is 13.3. The van der Waals surface area contributed by atoms with Gasteiger partial charge in [-0.2, -0.15) is 0 Å². The number of carbonyl (C=O) groups is 2. The Bertz CT molecular complexity index is 517. The molecule has 0 spiro atoms. The van der Waals surface area contributed by atoms with Gasteiger partial charge in [0.15, 0.2) is 8.32 Å². The molecule has 0 aliphatic rings. The van der Waals surface area contributed by atoms with Gasteiger partial charge in [-0.15, -0.1) is 6.58 Å². The Morgan fingerprint density at radius 2 is 1.58 bits per heavy atom. The second-order valence-corrected chi connectivity index (χ2v) is 14.6. The fourth-order valence-electron chi connectivity index (χ4n) is 2.81. The van der Waals surface area contributed by atoms with Crippen LogP contribution in [0.2, 0.25) is 18.1 Å². The molecule has 5 heteroatoms. The van der Waals surface area contributed by atoms with Gasteiger partial charge in [0.2, 0.25) is 0 Å². The summed E-state index contributed by atoms with van der Waals surface area (Å²) < 4.78 is 6.62. The molecule has 0 saturated carbocycles. The predicted octanol–water partition coefficient (Wildman–Crippen LogP) is 5.54. The van der Waals surface area contributed by atoms with Gasteiger partial charge >= 0.3 is 5.97 Å². The number of hydrogen-bond acceptors (Lipinski definition) is 3. The van der Waals surface area contributed by atoms with Gasteiger partial charge in [0.05, 0.1) is 6.10 Å². The average molecular weight is 385 g/mol. The van der Waals surface area contributed by atoms with E-state index in [4.69, 9.17) is 9.53 Å². The monoisotopic (exact) mass is 384 g/mol. The molecule has 2 unspecified atom stereocenters. The lowest BCUT2D eigenvalue weighted by Gasteiger charge is -2.43. The molecule has 0 aromatic heterocycles. The topological polar surface area (TPSA) is 63.6 Å². The van der Waals surface area contributed by atoms with Crippen molar-refractivity contribution >= 4 is 20.1 Å². The zero-order valence-electron chi connectivity index (χ0n) is 18.5. The van der Waals surface area contributed by atoms with Crippen LogP contribution in [0.15, 0.2) is 12.7 Å². The Morgan fingerprint density at radius 3 is 1.92 bits per heavy atom. The maximum absolute atomic E-state index is 13.3. The SMILES string of the molecule is C=C[C@H](C)C(O[Si](C)(C)C(C)(C)C)C(C)C(=O)C(C)(C)[C@@H](C)CC(=O)O. The predicted molar refractivity (Wildman–Crippen MR) is 111 cm³/mol. The van der Waals surface area contributed by atoms with Gasteiger partial charge in [-0.05, 0) is 30.0 Å². The molecule has 0 fully saturated rings. The molecule has 0 aliphatic carbocycles. The molecular weight excluding hydrogens is 344 g/mol. The summed E-state index contributed by atoms with van der Waals surface area (Å²) in [6.07, 6.45) is 1.57. The van der Waals surface area contributed by atoms with Crippen molar-refractivity contribution in [2.45, 2.75) is 86.0 Å². The number of carbonyl (C=O) groups excluding carboxylic acids is 1. The molecule has 0 bridgehead atoms. The summed E-state index contributed by atoms with van der Waals surface area (Å²) in [7, 11) is -2.06. The van der Waals surface area contributed by atoms with E-state index < -0.39 is 19.7 Å². The molecule has 4 nitrogen and oxygen atoms in total. The van der Waals surface area contributed by atoms with Crippen LogP contribution in [0.4, 0.5) is 0 Å². The summed E-state index contributed by atoms with van der Waals surface area (Å²) in [4.78, 5) is 24.4. The van der Waals surface area contributed by atoms with Crippen LogP contribution in [0.5, 0.6) is 0 Å². The zero-order valence-corrected chi connectivity index (χ0v) is 19.5. The van der Waals surface area contributed by atoms with Crippen LogP contribution >= 0.6 is 0 Å². The van der Waals surface area contributed by atoms with Gasteiger partial charge in [-0.25, -0.2) is 0 Å². The highest BCUT2D eigenvalue weighted by molar-refractivity contribution is 6.74. The number of ketones is 1. The fourth-order valence-corrected chi connectivity index (χ4v) is 4.26. The summed E-state index contributed by atoms with van der Waals surface area (Å²) >= 11 is 0. The van der Waals surface area contributed by atoms with E-state index in [-0.39, 0.29) is 41.1 Å². The molecule has 0 heterocycles. The molecule has 0 saturated heterocycles. The quantitative estimate of drug-likeness (QED) is 0.397. The van der Waals surface area contributed by atoms with E-state index in [1.165, 1.54) is 0 Å². The number of Topliss-reactive ketones (excluding diaryl/α,β-unsaturated/α-hetero) is 1. The minimum atomic E-state index is -2.06. The average Bonchev–Trinajstić information content (AvgIpc) is 2.48. The first-order chi connectivity index (χ1) is 11.5. The third-order valence-corrected chi connectivity index (χ3v) is 10.9. The van der Waals surface area contributed by atoms with E-state index >= 15 is 0 Å². The number of hydrogen-bond donors (Lipinski definition) is 1. The van der Waals surface area contributed by atoms with Crippen LogP contribution in [0.1, 0.15) is 61.8 Å². The van der Waals surface area contributed by atoms with Gasteiger partial charge in [-0.1, -0.05) is 61.5 Å². The Kier molecular flexibility index (Phi) is 8.51. The Morgan fingerprint density at radius 1 is 1.12 bits per heavy atom. The molecule has 4 atom stereocenters. The second-order valence-electron chi connectivity index (χ2n) is 9.81. The first-order valence-corrected chi connectivity index (χ1v) is 12.5. The Balaban J connectivity index is 5.68. The summed E-state index contributed by atoms with van der Waals surface area (Å²) in [5.74, 6) is -1.36. The van der Waals surface area contributed by atoms with Crippen LogP contribution in [-0.2, 0) is 14.0 Å². The second kappa shape index (κ2) is 8.83. The summed E-state index contributed by atoms with van der Waals surface area (Å²) in [5.41, 5.74) is -0.728. The molecule has 0 aromatic carbocycles. The molecule has 0 aliphatic heterocycles. The number of aliphatic carboxylic acids is 1. The Labute approximate surface area is 161 Å². The Hall–Kier alpha value is -0.943. The lowest BCUT2D eigenvalue weighted by Crippen LogP contribution is -2.50. The fraction of sp³-hybridized carbons (Fsp3) is 0.810. The van der Waals surface area contributed by atoms with Gasteiger partial charge in [-0.3, -0.25) is 9.59 Å². The largest absolute Gasteiger partial charge is 0.481 e. The number of rotatable bonds is 10. The van der Waals surface area contributed by atoms with Crippen molar-refractivity contribution in [2.75, 3.05) is 0 Å². The highest BCUT2D eigenvalue weighted by atomic mass is 28.4. The molecule has 1 N–H and O–H groups in total. The minimum absolute atomic E-state index is 0.0176. The van der Waals surface area contributed by atoms with Crippen LogP contribution in [0.3, 0.4) is 0 Å². The highest BCUT2D eigenvalue weighted by Crippen LogP contribution is 2.41. The number of carboxylic acid groups (broad SMARTS) is 1. The summed E-state index contributed by atoms with van der Waals surface area (Å²) in [5, 5.41) is 9.14.